The Morgan fingerprint density at radius 3 is 2.65 bits per heavy atom. The fourth-order valence-corrected chi connectivity index (χ4v) is 3.17. The Bertz CT molecular complexity index is 369. The molecule has 17 heavy (non-hydrogen) atoms. The topological polar surface area (TPSA) is 41.5 Å². The predicted octanol–water partition coefficient (Wildman–Crippen LogP) is 3.19. The van der Waals surface area contributed by atoms with Crippen LogP contribution in [0.2, 0.25) is 0 Å². The second-order valence-corrected chi connectivity index (χ2v) is 5.91. The van der Waals surface area contributed by atoms with Gasteiger partial charge in [-0.15, -0.1) is 0 Å². The highest BCUT2D eigenvalue weighted by molar-refractivity contribution is 9.11. The van der Waals surface area contributed by atoms with Crippen molar-refractivity contribution in [1.29, 1.82) is 0 Å². The standard InChI is InChI=1S/C12H15Br2NO2/c13-10-4-8(5-11(14)12(10)16)6-15-9-2-1-3-17-7-9/h4-5,9,15-16H,1-3,6-7H2. The SMILES string of the molecule is Oc1c(Br)cc(CNC2CCCOC2)cc1Br. The number of nitrogens with one attached hydrogen (secondary N) is 1. The van der Waals surface area contributed by atoms with Crippen LogP contribution in [0.3, 0.4) is 0 Å². The highest BCUT2D eigenvalue weighted by Crippen LogP contribution is 2.33. The normalized spacial score (nSPS) is 20.5. The first kappa shape index (κ1) is 13.3. The van der Waals surface area contributed by atoms with Gasteiger partial charge < -0.3 is 15.2 Å². The van der Waals surface area contributed by atoms with Crippen molar-refractivity contribution in [3.8, 4) is 5.75 Å². The van der Waals surface area contributed by atoms with E-state index in [1.807, 2.05) is 12.1 Å². The van der Waals surface area contributed by atoms with Crippen molar-refractivity contribution in [2.75, 3.05) is 13.2 Å². The summed E-state index contributed by atoms with van der Waals surface area (Å²) in [6.45, 7) is 2.46. The van der Waals surface area contributed by atoms with E-state index < -0.39 is 0 Å². The van der Waals surface area contributed by atoms with Crippen LogP contribution in [0.25, 0.3) is 0 Å². The fraction of sp³-hybridized carbons (Fsp3) is 0.500. The van der Waals surface area contributed by atoms with E-state index in [9.17, 15) is 5.11 Å². The van der Waals surface area contributed by atoms with Gasteiger partial charge in [0.15, 0.2) is 0 Å². The molecule has 2 rings (SSSR count). The third-order valence-electron chi connectivity index (χ3n) is 2.83. The number of halogens is 2. The smallest absolute Gasteiger partial charge is 0.143 e. The van der Waals surface area contributed by atoms with Crippen molar-refractivity contribution in [3.05, 3.63) is 26.6 Å². The van der Waals surface area contributed by atoms with Gasteiger partial charge in [0.2, 0.25) is 0 Å². The summed E-state index contributed by atoms with van der Waals surface area (Å²) in [4.78, 5) is 0. The van der Waals surface area contributed by atoms with Crippen molar-refractivity contribution in [2.24, 2.45) is 0 Å². The zero-order valence-electron chi connectivity index (χ0n) is 9.38. The van der Waals surface area contributed by atoms with Crippen LogP contribution in [0.1, 0.15) is 18.4 Å². The van der Waals surface area contributed by atoms with Gasteiger partial charge in [-0.25, -0.2) is 0 Å². The van der Waals surface area contributed by atoms with Crippen molar-refractivity contribution in [2.45, 2.75) is 25.4 Å². The molecule has 0 aromatic heterocycles. The van der Waals surface area contributed by atoms with Crippen molar-refractivity contribution in [1.82, 2.24) is 5.32 Å². The lowest BCUT2D eigenvalue weighted by Crippen LogP contribution is -2.36. The molecule has 0 bridgehead atoms. The van der Waals surface area contributed by atoms with Crippen LogP contribution in [0.15, 0.2) is 21.1 Å². The van der Waals surface area contributed by atoms with Crippen LogP contribution in [-0.4, -0.2) is 24.4 Å². The zero-order valence-corrected chi connectivity index (χ0v) is 12.6. The van der Waals surface area contributed by atoms with Crippen LogP contribution in [-0.2, 0) is 11.3 Å². The Morgan fingerprint density at radius 2 is 2.06 bits per heavy atom. The Labute approximate surface area is 118 Å². The molecule has 1 aliphatic rings. The van der Waals surface area contributed by atoms with E-state index in [0.29, 0.717) is 15.0 Å². The molecule has 1 aromatic rings. The van der Waals surface area contributed by atoms with Gasteiger partial charge in [0.05, 0.1) is 15.6 Å². The second kappa shape index (κ2) is 6.18. The van der Waals surface area contributed by atoms with Crippen LogP contribution < -0.4 is 5.32 Å². The molecule has 3 nitrogen and oxygen atoms in total. The predicted molar refractivity (Wildman–Crippen MR) is 74.2 cm³/mol. The van der Waals surface area contributed by atoms with E-state index in [1.54, 1.807) is 0 Å². The summed E-state index contributed by atoms with van der Waals surface area (Å²) in [5.74, 6) is 0.245. The third kappa shape index (κ3) is 3.68. The van der Waals surface area contributed by atoms with Gasteiger partial charge in [0.1, 0.15) is 5.75 Å². The van der Waals surface area contributed by atoms with Crippen LogP contribution in [0.5, 0.6) is 5.75 Å². The lowest BCUT2D eigenvalue weighted by molar-refractivity contribution is 0.0699. The number of hydrogen-bond acceptors (Lipinski definition) is 3. The molecule has 1 aliphatic heterocycles. The summed E-state index contributed by atoms with van der Waals surface area (Å²) in [7, 11) is 0. The van der Waals surface area contributed by atoms with E-state index in [2.05, 4.69) is 37.2 Å². The maximum atomic E-state index is 9.61. The molecule has 0 radical (unpaired) electrons. The van der Waals surface area contributed by atoms with Gasteiger partial charge in [-0.2, -0.15) is 0 Å². The largest absolute Gasteiger partial charge is 0.506 e. The monoisotopic (exact) mass is 363 g/mol. The first-order valence-corrected chi connectivity index (χ1v) is 7.23. The Kier molecular flexibility index (Phi) is 4.85. The maximum absolute atomic E-state index is 9.61. The number of ether oxygens (including phenoxy) is 1. The molecule has 1 atom stereocenters. The van der Waals surface area contributed by atoms with Gasteiger partial charge in [-0.3, -0.25) is 0 Å². The van der Waals surface area contributed by atoms with Gasteiger partial charge in [0, 0.05) is 19.2 Å². The Hall–Kier alpha value is -0.100. The van der Waals surface area contributed by atoms with Gasteiger partial charge in [0.25, 0.3) is 0 Å². The average Bonchev–Trinajstić information content (AvgIpc) is 2.34. The van der Waals surface area contributed by atoms with Gasteiger partial charge in [-0.05, 0) is 62.4 Å². The minimum absolute atomic E-state index is 0.245. The highest BCUT2D eigenvalue weighted by Gasteiger charge is 2.13. The quantitative estimate of drug-likeness (QED) is 0.865. The number of rotatable bonds is 3. The van der Waals surface area contributed by atoms with Crippen LogP contribution in [0, 0.1) is 0 Å². The summed E-state index contributed by atoms with van der Waals surface area (Å²) < 4.78 is 6.84. The molecular formula is C12H15Br2NO2. The summed E-state index contributed by atoms with van der Waals surface area (Å²) in [5, 5.41) is 13.1. The van der Waals surface area contributed by atoms with E-state index in [1.165, 1.54) is 6.42 Å². The first-order valence-electron chi connectivity index (χ1n) is 5.65. The highest BCUT2D eigenvalue weighted by atomic mass is 79.9. The van der Waals surface area contributed by atoms with E-state index in [-0.39, 0.29) is 5.75 Å². The Balaban J connectivity index is 1.94. The molecule has 1 unspecified atom stereocenters. The number of aromatic hydroxyl groups is 1. The van der Waals surface area contributed by atoms with E-state index in [0.717, 1.165) is 31.7 Å². The number of benzene rings is 1. The minimum Gasteiger partial charge on any atom is -0.506 e. The summed E-state index contributed by atoms with van der Waals surface area (Å²) in [6, 6.07) is 4.29. The molecule has 0 saturated carbocycles. The molecule has 1 aromatic carbocycles. The molecule has 2 N–H and O–H groups in total. The molecule has 1 fully saturated rings. The molecule has 1 heterocycles. The summed E-state index contributed by atoms with van der Waals surface area (Å²) in [6.07, 6.45) is 2.29. The van der Waals surface area contributed by atoms with Gasteiger partial charge in [-0.1, -0.05) is 0 Å². The second-order valence-electron chi connectivity index (χ2n) is 4.20. The van der Waals surface area contributed by atoms with Crippen LogP contribution in [0.4, 0.5) is 0 Å². The third-order valence-corrected chi connectivity index (χ3v) is 4.04. The zero-order chi connectivity index (χ0) is 12.3. The molecule has 0 aliphatic carbocycles. The molecule has 1 saturated heterocycles. The van der Waals surface area contributed by atoms with Crippen molar-refractivity contribution >= 4 is 31.9 Å². The Morgan fingerprint density at radius 1 is 1.35 bits per heavy atom. The molecule has 5 heteroatoms. The lowest BCUT2D eigenvalue weighted by atomic mass is 10.1. The van der Waals surface area contributed by atoms with Gasteiger partial charge >= 0.3 is 0 Å². The molecule has 0 amide bonds. The molecule has 94 valence electrons. The van der Waals surface area contributed by atoms with E-state index in [4.69, 9.17) is 4.74 Å². The first-order chi connectivity index (χ1) is 8.16. The fourth-order valence-electron chi connectivity index (χ4n) is 1.88. The van der Waals surface area contributed by atoms with E-state index >= 15 is 0 Å². The minimum atomic E-state index is 0.245. The number of phenols is 1. The van der Waals surface area contributed by atoms with Crippen LogP contribution >= 0.6 is 31.9 Å². The maximum Gasteiger partial charge on any atom is 0.143 e. The number of phenolic OH excluding ortho intramolecular Hbond substituents is 1. The lowest BCUT2D eigenvalue weighted by Gasteiger charge is -2.23. The summed E-state index contributed by atoms with van der Waals surface area (Å²) in [5.41, 5.74) is 1.13. The molecule has 0 spiro atoms. The molecular weight excluding hydrogens is 350 g/mol. The average molecular weight is 365 g/mol. The summed E-state index contributed by atoms with van der Waals surface area (Å²) >= 11 is 6.66. The number of hydrogen-bond donors (Lipinski definition) is 2. The van der Waals surface area contributed by atoms with Crippen molar-refractivity contribution in [3.63, 3.8) is 0 Å². The van der Waals surface area contributed by atoms with Crippen molar-refractivity contribution < 1.29 is 9.84 Å².